The molecular formula is C20H15BrN2O4. The minimum atomic E-state index is -0.394. The number of ether oxygens (including phenoxy) is 1. The molecule has 0 saturated carbocycles. The number of hydrogen-bond acceptors (Lipinski definition) is 5. The zero-order chi connectivity index (χ0) is 19.2. The van der Waals surface area contributed by atoms with E-state index in [4.69, 9.17) is 4.42 Å². The van der Waals surface area contributed by atoms with E-state index in [1.165, 1.54) is 13.3 Å². The molecule has 3 rings (SSSR count). The van der Waals surface area contributed by atoms with Crippen molar-refractivity contribution in [2.75, 3.05) is 7.11 Å². The highest BCUT2D eigenvalue weighted by Crippen LogP contribution is 2.22. The van der Waals surface area contributed by atoms with Crippen molar-refractivity contribution in [3.05, 3.63) is 82.0 Å². The number of benzene rings is 2. The maximum absolute atomic E-state index is 12.1. The summed E-state index contributed by atoms with van der Waals surface area (Å²) in [7, 11) is 1.34. The molecule has 3 aromatic rings. The van der Waals surface area contributed by atoms with Crippen LogP contribution in [-0.2, 0) is 4.74 Å². The van der Waals surface area contributed by atoms with Crippen LogP contribution in [0.3, 0.4) is 0 Å². The molecule has 0 aliphatic heterocycles. The molecule has 0 bridgehead atoms. The topological polar surface area (TPSA) is 80.9 Å². The quantitative estimate of drug-likeness (QED) is 0.375. The Labute approximate surface area is 164 Å². The first-order valence-corrected chi connectivity index (χ1v) is 8.74. The number of furan rings is 1. The summed E-state index contributed by atoms with van der Waals surface area (Å²) < 4.78 is 11.0. The fourth-order valence-electron chi connectivity index (χ4n) is 2.33. The third-order valence-electron chi connectivity index (χ3n) is 3.69. The van der Waals surface area contributed by atoms with Crippen LogP contribution in [0.2, 0.25) is 0 Å². The molecule has 0 aliphatic carbocycles. The van der Waals surface area contributed by atoms with Gasteiger partial charge in [0.1, 0.15) is 11.5 Å². The summed E-state index contributed by atoms with van der Waals surface area (Å²) in [5.41, 5.74) is 4.21. The molecule has 0 unspecified atom stereocenters. The van der Waals surface area contributed by atoms with Crippen LogP contribution in [0, 0.1) is 0 Å². The predicted molar refractivity (Wildman–Crippen MR) is 105 cm³/mol. The Hall–Kier alpha value is -3.19. The van der Waals surface area contributed by atoms with Gasteiger partial charge in [0, 0.05) is 10.0 Å². The summed E-state index contributed by atoms with van der Waals surface area (Å²) >= 11 is 3.32. The van der Waals surface area contributed by atoms with E-state index in [0.717, 1.165) is 5.56 Å². The zero-order valence-electron chi connectivity index (χ0n) is 14.3. The Bertz CT molecular complexity index is 993. The SMILES string of the molecule is COC(=O)c1ccc(-c2ccc(/C=N/NC(=O)c3ccccc3Br)o2)cc1. The average molecular weight is 427 g/mol. The van der Waals surface area contributed by atoms with Gasteiger partial charge in [-0.2, -0.15) is 5.10 Å². The van der Waals surface area contributed by atoms with E-state index < -0.39 is 5.97 Å². The summed E-state index contributed by atoms with van der Waals surface area (Å²) in [6.07, 6.45) is 1.42. The molecule has 0 saturated heterocycles. The van der Waals surface area contributed by atoms with Crippen molar-refractivity contribution in [2.24, 2.45) is 5.10 Å². The van der Waals surface area contributed by atoms with E-state index in [9.17, 15) is 9.59 Å². The van der Waals surface area contributed by atoms with Gasteiger partial charge in [-0.25, -0.2) is 10.2 Å². The van der Waals surface area contributed by atoms with Crippen LogP contribution in [0.1, 0.15) is 26.5 Å². The lowest BCUT2D eigenvalue weighted by atomic mass is 10.1. The van der Waals surface area contributed by atoms with Gasteiger partial charge in [-0.3, -0.25) is 4.79 Å². The van der Waals surface area contributed by atoms with Crippen molar-refractivity contribution < 1.29 is 18.7 Å². The standard InChI is InChI=1S/C20H15BrN2O4/c1-26-20(25)14-8-6-13(7-9-14)18-11-10-15(27-18)12-22-23-19(24)16-4-2-3-5-17(16)21/h2-12H,1H3,(H,23,24)/b22-12+. The minimum Gasteiger partial charge on any atom is -0.465 e. The molecule has 1 aromatic heterocycles. The van der Waals surface area contributed by atoms with Gasteiger partial charge in [0.15, 0.2) is 0 Å². The first-order chi connectivity index (χ1) is 13.1. The Morgan fingerprint density at radius 1 is 1.07 bits per heavy atom. The van der Waals surface area contributed by atoms with Gasteiger partial charge >= 0.3 is 5.97 Å². The van der Waals surface area contributed by atoms with Crippen LogP contribution in [0.5, 0.6) is 0 Å². The molecule has 136 valence electrons. The number of nitrogens with zero attached hydrogens (tertiary/aromatic N) is 1. The first kappa shape index (κ1) is 18.6. The van der Waals surface area contributed by atoms with Gasteiger partial charge < -0.3 is 9.15 Å². The number of methoxy groups -OCH3 is 1. The third-order valence-corrected chi connectivity index (χ3v) is 4.39. The van der Waals surface area contributed by atoms with Crippen molar-refractivity contribution in [2.45, 2.75) is 0 Å². The number of hydrogen-bond donors (Lipinski definition) is 1. The van der Waals surface area contributed by atoms with Gasteiger partial charge in [-0.05, 0) is 52.3 Å². The Balaban J connectivity index is 1.65. The first-order valence-electron chi connectivity index (χ1n) is 7.95. The van der Waals surface area contributed by atoms with E-state index in [1.54, 1.807) is 54.6 Å². The molecule has 6 nitrogen and oxygen atoms in total. The molecular weight excluding hydrogens is 412 g/mol. The van der Waals surface area contributed by atoms with Crippen molar-refractivity contribution >= 4 is 34.0 Å². The van der Waals surface area contributed by atoms with Gasteiger partial charge in [0.05, 0.1) is 24.5 Å². The lowest BCUT2D eigenvalue weighted by Gasteiger charge is -2.01. The van der Waals surface area contributed by atoms with Crippen LogP contribution in [0.15, 0.2) is 74.7 Å². The Morgan fingerprint density at radius 3 is 2.52 bits per heavy atom. The monoisotopic (exact) mass is 426 g/mol. The number of halogens is 1. The number of carbonyl (C=O) groups is 2. The number of esters is 1. The van der Waals surface area contributed by atoms with Crippen LogP contribution >= 0.6 is 15.9 Å². The number of nitrogens with one attached hydrogen (secondary N) is 1. The fourth-order valence-corrected chi connectivity index (χ4v) is 2.79. The summed E-state index contributed by atoms with van der Waals surface area (Å²) in [6, 6.07) is 17.4. The molecule has 0 spiro atoms. The lowest BCUT2D eigenvalue weighted by Crippen LogP contribution is -2.17. The van der Waals surface area contributed by atoms with E-state index in [2.05, 4.69) is 31.2 Å². The van der Waals surface area contributed by atoms with Gasteiger partial charge in [0.25, 0.3) is 5.91 Å². The van der Waals surface area contributed by atoms with Crippen LogP contribution < -0.4 is 5.43 Å². The second-order valence-corrected chi connectivity index (χ2v) is 6.30. The average Bonchev–Trinajstić information content (AvgIpc) is 3.16. The molecule has 0 radical (unpaired) electrons. The number of rotatable bonds is 5. The van der Waals surface area contributed by atoms with Crippen molar-refractivity contribution in [3.63, 3.8) is 0 Å². The van der Waals surface area contributed by atoms with Gasteiger partial charge in [-0.15, -0.1) is 0 Å². The number of hydrazone groups is 1. The highest BCUT2D eigenvalue weighted by molar-refractivity contribution is 9.10. The van der Waals surface area contributed by atoms with Crippen molar-refractivity contribution in [1.29, 1.82) is 0 Å². The third kappa shape index (κ3) is 4.51. The van der Waals surface area contributed by atoms with Crippen molar-refractivity contribution in [3.8, 4) is 11.3 Å². The summed E-state index contributed by atoms with van der Waals surface area (Å²) in [4.78, 5) is 23.5. The van der Waals surface area contributed by atoms with E-state index in [1.807, 2.05) is 6.07 Å². The molecule has 27 heavy (non-hydrogen) atoms. The summed E-state index contributed by atoms with van der Waals surface area (Å²) in [5.74, 6) is 0.373. The fraction of sp³-hybridized carbons (Fsp3) is 0.0500. The van der Waals surface area contributed by atoms with Gasteiger partial charge in [-0.1, -0.05) is 24.3 Å². The molecule has 1 N–H and O–H groups in total. The van der Waals surface area contributed by atoms with Gasteiger partial charge in [0.2, 0.25) is 0 Å². The zero-order valence-corrected chi connectivity index (χ0v) is 15.9. The second kappa shape index (κ2) is 8.46. The molecule has 0 aliphatic rings. The minimum absolute atomic E-state index is 0.330. The molecule has 0 atom stereocenters. The van der Waals surface area contributed by atoms with Crippen LogP contribution in [0.4, 0.5) is 0 Å². The Morgan fingerprint density at radius 2 is 1.81 bits per heavy atom. The van der Waals surface area contributed by atoms with Crippen LogP contribution in [0.25, 0.3) is 11.3 Å². The molecule has 2 aromatic carbocycles. The molecule has 0 fully saturated rings. The normalized spacial score (nSPS) is 10.7. The van der Waals surface area contributed by atoms with E-state index >= 15 is 0 Å². The lowest BCUT2D eigenvalue weighted by molar-refractivity contribution is 0.0600. The van der Waals surface area contributed by atoms with E-state index in [0.29, 0.717) is 27.1 Å². The number of carbonyl (C=O) groups excluding carboxylic acids is 2. The predicted octanol–water partition coefficient (Wildman–Crippen LogP) is 4.26. The van der Waals surface area contributed by atoms with Crippen molar-refractivity contribution in [1.82, 2.24) is 5.43 Å². The molecule has 7 heteroatoms. The highest BCUT2D eigenvalue weighted by Gasteiger charge is 2.09. The summed E-state index contributed by atoms with van der Waals surface area (Å²) in [6.45, 7) is 0. The van der Waals surface area contributed by atoms with Crippen LogP contribution in [-0.4, -0.2) is 25.2 Å². The second-order valence-electron chi connectivity index (χ2n) is 5.45. The maximum atomic E-state index is 12.1. The maximum Gasteiger partial charge on any atom is 0.337 e. The largest absolute Gasteiger partial charge is 0.465 e. The summed E-state index contributed by atoms with van der Waals surface area (Å²) in [5, 5.41) is 3.91. The molecule has 1 heterocycles. The Kier molecular flexibility index (Phi) is 5.83. The number of amides is 1. The molecule has 1 amide bonds. The van der Waals surface area contributed by atoms with E-state index in [-0.39, 0.29) is 5.91 Å². The highest BCUT2D eigenvalue weighted by atomic mass is 79.9. The smallest absolute Gasteiger partial charge is 0.337 e.